The lowest BCUT2D eigenvalue weighted by molar-refractivity contribution is 0.501. The third-order valence-corrected chi connectivity index (χ3v) is 3.96. The summed E-state index contributed by atoms with van der Waals surface area (Å²) in [5.41, 5.74) is 1.95. The van der Waals surface area contributed by atoms with E-state index >= 15 is 0 Å². The van der Waals surface area contributed by atoms with E-state index in [1.165, 1.54) is 12.8 Å². The molecule has 0 aliphatic carbocycles. The van der Waals surface area contributed by atoms with E-state index in [-0.39, 0.29) is 24.0 Å². The molecule has 2 N–H and O–H groups in total. The van der Waals surface area contributed by atoms with Crippen LogP contribution in [0.15, 0.2) is 33.9 Å². The lowest BCUT2D eigenvalue weighted by Crippen LogP contribution is -2.36. The number of nitrogens with zero attached hydrogens (tertiary/aromatic N) is 4. The van der Waals surface area contributed by atoms with Crippen LogP contribution in [-0.4, -0.2) is 36.1 Å². The van der Waals surface area contributed by atoms with Crippen LogP contribution < -0.4 is 15.5 Å². The molecule has 0 saturated carbocycles. The van der Waals surface area contributed by atoms with Crippen LogP contribution in [0.1, 0.15) is 30.0 Å². The second-order valence-corrected chi connectivity index (χ2v) is 5.85. The number of guanidine groups is 1. The van der Waals surface area contributed by atoms with Crippen LogP contribution >= 0.6 is 24.0 Å². The summed E-state index contributed by atoms with van der Waals surface area (Å²) in [5, 5.41) is 6.50. The van der Waals surface area contributed by atoms with E-state index < -0.39 is 0 Å². The van der Waals surface area contributed by atoms with Gasteiger partial charge in [0.25, 0.3) is 0 Å². The highest BCUT2D eigenvalue weighted by Gasteiger charge is 2.16. The first kappa shape index (κ1) is 19.5. The van der Waals surface area contributed by atoms with Crippen LogP contribution in [0.5, 0.6) is 0 Å². The second kappa shape index (κ2) is 9.59. The van der Waals surface area contributed by atoms with Crippen LogP contribution in [0.4, 0.5) is 5.95 Å². The number of aryl methyl sites for hydroxylation is 1. The van der Waals surface area contributed by atoms with Gasteiger partial charge in [0.05, 0.1) is 25.0 Å². The monoisotopic (exact) mass is 456 g/mol. The van der Waals surface area contributed by atoms with Crippen LogP contribution in [0, 0.1) is 6.92 Å². The fraction of sp³-hybridized carbons (Fsp3) is 0.471. The maximum atomic E-state index is 5.31. The molecule has 8 heteroatoms. The van der Waals surface area contributed by atoms with Crippen LogP contribution in [0.25, 0.3) is 0 Å². The highest BCUT2D eigenvalue weighted by Crippen LogP contribution is 2.16. The molecule has 7 nitrogen and oxygen atoms in total. The van der Waals surface area contributed by atoms with Crippen molar-refractivity contribution in [3.63, 3.8) is 0 Å². The lowest BCUT2D eigenvalue weighted by atomic mass is 10.3. The molecule has 136 valence electrons. The van der Waals surface area contributed by atoms with Gasteiger partial charge in [-0.15, -0.1) is 24.0 Å². The van der Waals surface area contributed by atoms with Gasteiger partial charge in [-0.05, 0) is 38.0 Å². The van der Waals surface area contributed by atoms with Gasteiger partial charge in [-0.1, -0.05) is 0 Å². The summed E-state index contributed by atoms with van der Waals surface area (Å²) in [6, 6.07) is 5.81. The fourth-order valence-electron chi connectivity index (χ4n) is 2.74. The van der Waals surface area contributed by atoms with Gasteiger partial charge in [-0.2, -0.15) is 0 Å². The summed E-state index contributed by atoms with van der Waals surface area (Å²) < 4.78 is 5.31. The average molecular weight is 456 g/mol. The Bertz CT molecular complexity index is 682. The number of aromatic nitrogens is 2. The van der Waals surface area contributed by atoms with Gasteiger partial charge in [0, 0.05) is 25.8 Å². The quantitative estimate of drug-likeness (QED) is 0.409. The summed E-state index contributed by atoms with van der Waals surface area (Å²) in [6.07, 6.45) is 4.10. The third-order valence-electron chi connectivity index (χ3n) is 3.96. The molecule has 1 fully saturated rings. The van der Waals surface area contributed by atoms with Crippen molar-refractivity contribution in [2.75, 3.05) is 25.0 Å². The molecule has 2 aromatic rings. The Morgan fingerprint density at radius 1 is 1.24 bits per heavy atom. The maximum absolute atomic E-state index is 5.31. The van der Waals surface area contributed by atoms with Crippen LogP contribution in [0.2, 0.25) is 0 Å². The van der Waals surface area contributed by atoms with E-state index in [4.69, 9.17) is 4.42 Å². The standard InChI is InChI=1S/C17H24N6O.HI/c1-13-10-14(22-17(21-13)23-7-3-4-8-23)11-19-16(18-2)20-12-15-6-5-9-24-15;/h5-6,9-10H,3-4,7-8,11-12H2,1-2H3,(H2,18,19,20);1H. The summed E-state index contributed by atoms with van der Waals surface area (Å²) in [4.78, 5) is 15.7. The minimum Gasteiger partial charge on any atom is -0.467 e. The van der Waals surface area contributed by atoms with Crippen molar-refractivity contribution >= 4 is 35.9 Å². The molecule has 3 rings (SSSR count). The van der Waals surface area contributed by atoms with E-state index in [0.717, 1.165) is 36.2 Å². The number of nitrogens with one attached hydrogen (secondary N) is 2. The molecule has 0 atom stereocenters. The zero-order chi connectivity index (χ0) is 16.8. The van der Waals surface area contributed by atoms with Crippen LogP contribution in [0.3, 0.4) is 0 Å². The number of halogens is 1. The van der Waals surface area contributed by atoms with Crippen molar-refractivity contribution < 1.29 is 4.42 Å². The van der Waals surface area contributed by atoms with Gasteiger partial charge in [0.1, 0.15) is 5.76 Å². The van der Waals surface area contributed by atoms with E-state index in [2.05, 4.69) is 30.5 Å². The minimum atomic E-state index is 0. The topological polar surface area (TPSA) is 78.6 Å². The van der Waals surface area contributed by atoms with Crippen molar-refractivity contribution in [1.29, 1.82) is 0 Å². The molecule has 0 amide bonds. The first-order chi connectivity index (χ1) is 11.7. The second-order valence-electron chi connectivity index (χ2n) is 5.85. The predicted molar refractivity (Wildman–Crippen MR) is 109 cm³/mol. The largest absolute Gasteiger partial charge is 0.467 e. The Hall–Kier alpha value is -1.84. The Labute approximate surface area is 165 Å². The first-order valence-electron chi connectivity index (χ1n) is 8.31. The lowest BCUT2D eigenvalue weighted by Gasteiger charge is -2.17. The Balaban J connectivity index is 0.00000225. The molecule has 1 aliphatic heterocycles. The minimum absolute atomic E-state index is 0. The number of anilines is 1. The predicted octanol–water partition coefficient (Wildman–Crippen LogP) is 2.46. The summed E-state index contributed by atoms with van der Waals surface area (Å²) >= 11 is 0. The molecule has 1 saturated heterocycles. The van der Waals surface area contributed by atoms with E-state index in [9.17, 15) is 0 Å². The molecule has 0 aromatic carbocycles. The number of hydrogen-bond acceptors (Lipinski definition) is 5. The highest BCUT2D eigenvalue weighted by atomic mass is 127. The molecular formula is C17H25IN6O. The summed E-state index contributed by atoms with van der Waals surface area (Å²) in [7, 11) is 1.75. The Morgan fingerprint density at radius 3 is 2.68 bits per heavy atom. The molecule has 0 unspecified atom stereocenters. The Morgan fingerprint density at radius 2 is 2.00 bits per heavy atom. The van der Waals surface area contributed by atoms with E-state index in [0.29, 0.717) is 19.0 Å². The SMILES string of the molecule is CN=C(NCc1cc(C)nc(N2CCCC2)n1)NCc1ccco1.I. The summed E-state index contributed by atoms with van der Waals surface area (Å²) in [6.45, 7) is 5.29. The number of furan rings is 1. The normalized spacial score (nSPS) is 14.3. The average Bonchev–Trinajstić information content (AvgIpc) is 3.28. The molecule has 3 heterocycles. The van der Waals surface area contributed by atoms with Gasteiger partial charge in [-0.3, -0.25) is 4.99 Å². The zero-order valence-corrected chi connectivity index (χ0v) is 17.0. The van der Waals surface area contributed by atoms with Crippen molar-refractivity contribution in [3.8, 4) is 0 Å². The maximum Gasteiger partial charge on any atom is 0.225 e. The molecule has 2 aromatic heterocycles. The van der Waals surface area contributed by atoms with Crippen molar-refractivity contribution in [2.45, 2.75) is 32.9 Å². The molecule has 1 aliphatic rings. The van der Waals surface area contributed by atoms with E-state index in [1.807, 2.05) is 25.1 Å². The third kappa shape index (κ3) is 5.58. The molecule has 0 spiro atoms. The highest BCUT2D eigenvalue weighted by molar-refractivity contribution is 14.0. The molecular weight excluding hydrogens is 431 g/mol. The smallest absolute Gasteiger partial charge is 0.225 e. The molecule has 0 bridgehead atoms. The van der Waals surface area contributed by atoms with Gasteiger partial charge in [0.15, 0.2) is 5.96 Å². The fourth-order valence-corrected chi connectivity index (χ4v) is 2.74. The summed E-state index contributed by atoms with van der Waals surface area (Å²) in [5.74, 6) is 2.42. The van der Waals surface area contributed by atoms with Crippen LogP contribution in [-0.2, 0) is 13.1 Å². The van der Waals surface area contributed by atoms with Gasteiger partial charge >= 0.3 is 0 Å². The Kier molecular flexibility index (Phi) is 7.48. The van der Waals surface area contributed by atoms with Crippen molar-refractivity contribution in [2.24, 2.45) is 4.99 Å². The van der Waals surface area contributed by atoms with Crippen molar-refractivity contribution in [3.05, 3.63) is 41.6 Å². The van der Waals surface area contributed by atoms with Gasteiger partial charge in [-0.25, -0.2) is 9.97 Å². The number of hydrogen-bond donors (Lipinski definition) is 2. The number of aliphatic imine (C=N–C) groups is 1. The van der Waals surface area contributed by atoms with Gasteiger partial charge in [0.2, 0.25) is 5.95 Å². The molecule has 25 heavy (non-hydrogen) atoms. The molecule has 0 radical (unpaired) electrons. The van der Waals surface area contributed by atoms with E-state index in [1.54, 1.807) is 13.3 Å². The first-order valence-corrected chi connectivity index (χ1v) is 8.31. The van der Waals surface area contributed by atoms with Gasteiger partial charge < -0.3 is 20.0 Å². The number of rotatable bonds is 5. The zero-order valence-electron chi connectivity index (χ0n) is 14.7. The van der Waals surface area contributed by atoms with Crippen molar-refractivity contribution in [1.82, 2.24) is 20.6 Å².